The van der Waals surface area contributed by atoms with Crippen LogP contribution in [0.4, 0.5) is 0 Å². The summed E-state index contributed by atoms with van der Waals surface area (Å²) >= 11 is 0. The Labute approximate surface area is 93.2 Å². The van der Waals surface area contributed by atoms with E-state index in [0.717, 1.165) is 13.2 Å². The molecule has 0 aromatic rings. The molecule has 2 heterocycles. The highest BCUT2D eigenvalue weighted by molar-refractivity contribution is 4.96. The summed E-state index contributed by atoms with van der Waals surface area (Å²) in [7, 11) is 2.25. The number of rotatable bonds is 2. The van der Waals surface area contributed by atoms with E-state index in [1.807, 2.05) is 0 Å². The molecule has 3 heteroatoms. The second kappa shape index (κ2) is 4.04. The van der Waals surface area contributed by atoms with E-state index in [1.54, 1.807) is 0 Å². The third kappa shape index (κ3) is 2.35. The monoisotopic (exact) mass is 212 g/mol. The summed E-state index contributed by atoms with van der Waals surface area (Å²) in [6.45, 7) is 8.82. The van der Waals surface area contributed by atoms with Crippen LogP contribution in [0, 0.1) is 0 Å². The van der Waals surface area contributed by atoms with Crippen LogP contribution in [0.15, 0.2) is 0 Å². The first-order valence-electron chi connectivity index (χ1n) is 6.08. The fourth-order valence-electron chi connectivity index (χ4n) is 2.94. The Bertz CT molecular complexity index is 230. The lowest BCUT2D eigenvalue weighted by Gasteiger charge is -2.32. The molecule has 0 aliphatic carbocycles. The molecule has 0 saturated carbocycles. The second-order valence-electron chi connectivity index (χ2n) is 5.72. The average Bonchev–Trinajstić information content (AvgIpc) is 2.71. The van der Waals surface area contributed by atoms with Crippen LogP contribution in [0.3, 0.4) is 0 Å². The van der Waals surface area contributed by atoms with E-state index >= 15 is 0 Å². The van der Waals surface area contributed by atoms with Gasteiger partial charge in [-0.15, -0.1) is 0 Å². The summed E-state index contributed by atoms with van der Waals surface area (Å²) in [6, 6.07) is 1.29. The zero-order valence-electron chi connectivity index (χ0n) is 10.4. The SMILES string of the molecule is CC1OCCC1N(C)C1CNC(C)(C)C1. The molecule has 15 heavy (non-hydrogen) atoms. The largest absolute Gasteiger partial charge is 0.377 e. The van der Waals surface area contributed by atoms with Crippen molar-refractivity contribution < 1.29 is 4.74 Å². The number of nitrogens with zero attached hydrogens (tertiary/aromatic N) is 1. The Morgan fingerprint density at radius 1 is 1.40 bits per heavy atom. The van der Waals surface area contributed by atoms with Crippen molar-refractivity contribution in [3.63, 3.8) is 0 Å². The molecule has 0 bridgehead atoms. The van der Waals surface area contributed by atoms with E-state index < -0.39 is 0 Å². The van der Waals surface area contributed by atoms with Crippen LogP contribution < -0.4 is 5.32 Å². The Balaban J connectivity index is 1.94. The van der Waals surface area contributed by atoms with Gasteiger partial charge in [-0.1, -0.05) is 0 Å². The average molecular weight is 212 g/mol. The maximum atomic E-state index is 5.64. The van der Waals surface area contributed by atoms with Gasteiger partial charge in [-0.2, -0.15) is 0 Å². The van der Waals surface area contributed by atoms with Gasteiger partial charge in [-0.05, 0) is 40.7 Å². The lowest BCUT2D eigenvalue weighted by molar-refractivity contribution is 0.0696. The Kier molecular flexibility index (Phi) is 3.06. The molecular weight excluding hydrogens is 188 g/mol. The number of hydrogen-bond acceptors (Lipinski definition) is 3. The molecule has 3 unspecified atom stereocenters. The predicted molar refractivity (Wildman–Crippen MR) is 62.1 cm³/mol. The van der Waals surface area contributed by atoms with Gasteiger partial charge in [0.1, 0.15) is 0 Å². The van der Waals surface area contributed by atoms with Crippen LogP contribution in [0.1, 0.15) is 33.6 Å². The van der Waals surface area contributed by atoms with E-state index in [2.05, 4.69) is 38.0 Å². The number of hydrogen-bond donors (Lipinski definition) is 1. The zero-order chi connectivity index (χ0) is 11.1. The van der Waals surface area contributed by atoms with Gasteiger partial charge in [-0.3, -0.25) is 4.90 Å². The van der Waals surface area contributed by atoms with Crippen molar-refractivity contribution in [2.75, 3.05) is 20.2 Å². The molecule has 2 rings (SSSR count). The van der Waals surface area contributed by atoms with Crippen LogP contribution >= 0.6 is 0 Å². The topological polar surface area (TPSA) is 24.5 Å². The third-order valence-electron chi connectivity index (χ3n) is 4.00. The minimum absolute atomic E-state index is 0.307. The molecule has 0 aromatic carbocycles. The van der Waals surface area contributed by atoms with Crippen molar-refractivity contribution in [1.82, 2.24) is 10.2 Å². The summed E-state index contributed by atoms with van der Waals surface area (Å²) in [4.78, 5) is 2.53. The van der Waals surface area contributed by atoms with Gasteiger partial charge in [0.15, 0.2) is 0 Å². The van der Waals surface area contributed by atoms with Crippen LogP contribution in [0.25, 0.3) is 0 Å². The smallest absolute Gasteiger partial charge is 0.0703 e. The molecular formula is C12H24N2O. The minimum atomic E-state index is 0.307. The van der Waals surface area contributed by atoms with Crippen molar-refractivity contribution in [1.29, 1.82) is 0 Å². The highest BCUT2D eigenvalue weighted by Gasteiger charge is 2.37. The number of likely N-dealkylation sites (N-methyl/N-ethyl adjacent to an activating group) is 1. The standard InChI is InChI=1S/C12H24N2O/c1-9-11(5-6-15-9)14(4)10-7-12(2,3)13-8-10/h9-11,13H,5-8H2,1-4H3. The van der Waals surface area contributed by atoms with E-state index in [1.165, 1.54) is 12.8 Å². The lowest BCUT2D eigenvalue weighted by Crippen LogP contribution is -2.44. The van der Waals surface area contributed by atoms with Gasteiger partial charge in [0.05, 0.1) is 6.10 Å². The molecule has 0 aromatic heterocycles. The summed E-state index contributed by atoms with van der Waals surface area (Å²) in [5.41, 5.74) is 0.307. The highest BCUT2D eigenvalue weighted by Crippen LogP contribution is 2.26. The van der Waals surface area contributed by atoms with Gasteiger partial charge >= 0.3 is 0 Å². The van der Waals surface area contributed by atoms with Crippen LogP contribution in [0.2, 0.25) is 0 Å². The molecule has 2 aliphatic heterocycles. The first-order chi connectivity index (χ1) is 6.99. The molecule has 1 N–H and O–H groups in total. The molecule has 0 radical (unpaired) electrons. The van der Waals surface area contributed by atoms with Gasteiger partial charge in [-0.25, -0.2) is 0 Å². The summed E-state index contributed by atoms with van der Waals surface area (Å²) in [5, 5.41) is 3.58. The van der Waals surface area contributed by atoms with Gasteiger partial charge < -0.3 is 10.1 Å². The predicted octanol–water partition coefficient (Wildman–Crippen LogP) is 1.24. The lowest BCUT2D eigenvalue weighted by atomic mass is 9.99. The van der Waals surface area contributed by atoms with Gasteiger partial charge in [0.2, 0.25) is 0 Å². The van der Waals surface area contributed by atoms with E-state index in [9.17, 15) is 0 Å². The third-order valence-corrected chi connectivity index (χ3v) is 4.00. The maximum absolute atomic E-state index is 5.64. The Morgan fingerprint density at radius 3 is 2.60 bits per heavy atom. The van der Waals surface area contributed by atoms with Gasteiger partial charge in [0.25, 0.3) is 0 Å². The number of nitrogens with one attached hydrogen (secondary N) is 1. The van der Waals surface area contributed by atoms with Crippen molar-refractivity contribution in [3.05, 3.63) is 0 Å². The molecule has 3 atom stereocenters. The first kappa shape index (κ1) is 11.4. The Morgan fingerprint density at radius 2 is 2.13 bits per heavy atom. The molecule has 0 spiro atoms. The molecule has 2 aliphatic rings. The van der Waals surface area contributed by atoms with Crippen LogP contribution in [-0.2, 0) is 4.74 Å². The highest BCUT2D eigenvalue weighted by atomic mass is 16.5. The van der Waals surface area contributed by atoms with Crippen molar-refractivity contribution in [2.24, 2.45) is 0 Å². The minimum Gasteiger partial charge on any atom is -0.377 e. The quantitative estimate of drug-likeness (QED) is 0.745. The second-order valence-corrected chi connectivity index (χ2v) is 5.72. The van der Waals surface area contributed by atoms with E-state index in [-0.39, 0.29) is 0 Å². The fraction of sp³-hybridized carbons (Fsp3) is 1.00. The molecule has 3 nitrogen and oxygen atoms in total. The summed E-state index contributed by atoms with van der Waals surface area (Å²) < 4.78 is 5.64. The van der Waals surface area contributed by atoms with E-state index in [4.69, 9.17) is 4.74 Å². The van der Waals surface area contributed by atoms with Crippen molar-refractivity contribution in [3.8, 4) is 0 Å². The molecule has 2 saturated heterocycles. The Hall–Kier alpha value is -0.120. The van der Waals surface area contributed by atoms with Gasteiger partial charge in [0, 0.05) is 30.8 Å². The zero-order valence-corrected chi connectivity index (χ0v) is 10.4. The van der Waals surface area contributed by atoms with Crippen LogP contribution in [-0.4, -0.2) is 48.8 Å². The first-order valence-corrected chi connectivity index (χ1v) is 6.08. The molecule has 88 valence electrons. The van der Waals surface area contributed by atoms with Crippen molar-refractivity contribution in [2.45, 2.75) is 57.3 Å². The molecule has 2 fully saturated rings. The van der Waals surface area contributed by atoms with Crippen LogP contribution in [0.5, 0.6) is 0 Å². The normalized spacial score (nSPS) is 40.2. The van der Waals surface area contributed by atoms with E-state index in [0.29, 0.717) is 23.7 Å². The van der Waals surface area contributed by atoms with Crippen molar-refractivity contribution >= 4 is 0 Å². The molecule has 0 amide bonds. The summed E-state index contributed by atoms with van der Waals surface area (Å²) in [5.74, 6) is 0. The fourth-order valence-corrected chi connectivity index (χ4v) is 2.94. The summed E-state index contributed by atoms with van der Waals surface area (Å²) in [6.07, 6.45) is 2.83. The maximum Gasteiger partial charge on any atom is 0.0703 e. The number of ether oxygens (including phenoxy) is 1.